The summed E-state index contributed by atoms with van der Waals surface area (Å²) in [5, 5.41) is 0. The van der Waals surface area contributed by atoms with Crippen molar-refractivity contribution >= 4 is 0 Å². The average molecular weight is 248 g/mol. The van der Waals surface area contributed by atoms with Crippen LogP contribution in [0.15, 0.2) is 24.3 Å². The zero-order valence-electron chi connectivity index (χ0n) is 9.02. The molecule has 1 aromatic rings. The van der Waals surface area contributed by atoms with Crippen LogP contribution in [0.1, 0.15) is 25.0 Å². The van der Waals surface area contributed by atoms with Crippen molar-refractivity contribution in [2.45, 2.75) is 26.2 Å². The van der Waals surface area contributed by atoms with Crippen LogP contribution in [0.2, 0.25) is 0 Å². The van der Waals surface area contributed by atoms with Crippen LogP contribution in [-0.2, 0) is 5.41 Å². The summed E-state index contributed by atoms with van der Waals surface area (Å²) >= 11 is 0. The van der Waals surface area contributed by atoms with Crippen molar-refractivity contribution in [1.82, 2.24) is 0 Å². The molecule has 0 spiro atoms. The smallest absolute Gasteiger partial charge is 0.677 e. The van der Waals surface area contributed by atoms with E-state index in [1.807, 2.05) is 0 Å². The number of hydrogen-bond acceptors (Lipinski definition) is 0. The third-order valence-electron chi connectivity index (χ3n) is 2.27. The molecular formula is C11H16NRb. The first-order valence-electron chi connectivity index (χ1n) is 4.28. The van der Waals surface area contributed by atoms with Gasteiger partial charge >= 0.3 is 58.2 Å². The molecule has 0 heterocycles. The first kappa shape index (κ1) is 14.0. The monoisotopic (exact) mass is 247 g/mol. The maximum Gasteiger partial charge on any atom is 1.00 e. The second kappa shape index (κ2) is 5.77. The molecule has 0 amide bonds. The zero-order chi connectivity index (χ0) is 9.19. The van der Waals surface area contributed by atoms with E-state index in [2.05, 4.69) is 45.0 Å². The molecule has 0 bridgehead atoms. The van der Waals surface area contributed by atoms with Crippen molar-refractivity contribution in [3.63, 3.8) is 0 Å². The molecule has 0 atom stereocenters. The van der Waals surface area contributed by atoms with Crippen LogP contribution < -0.4 is 58.2 Å². The van der Waals surface area contributed by atoms with Crippen LogP contribution in [0, 0.1) is 6.92 Å². The fourth-order valence-electron chi connectivity index (χ4n) is 1.11. The minimum Gasteiger partial charge on any atom is -0.677 e. The maximum absolute atomic E-state index is 7.40. The molecule has 1 nitrogen and oxygen atoms in total. The molecule has 0 radical (unpaired) electrons. The fourth-order valence-corrected chi connectivity index (χ4v) is 1.11. The number of aryl methyl sites for hydroxylation is 1. The number of rotatable bonds is 2. The third kappa shape index (κ3) is 3.92. The van der Waals surface area contributed by atoms with Gasteiger partial charge in [-0.05, 0) is 17.9 Å². The second-order valence-corrected chi connectivity index (χ2v) is 3.93. The number of benzene rings is 1. The van der Waals surface area contributed by atoms with Gasteiger partial charge in [-0.2, -0.15) is 0 Å². The van der Waals surface area contributed by atoms with Crippen molar-refractivity contribution in [2.24, 2.45) is 0 Å². The zero-order valence-corrected chi connectivity index (χ0v) is 13.9. The Hall–Kier alpha value is 0.985. The van der Waals surface area contributed by atoms with E-state index in [-0.39, 0.29) is 63.6 Å². The Labute approximate surface area is 130 Å². The average Bonchev–Trinajstić information content (AvgIpc) is 2.05. The Kier molecular flexibility index (Phi) is 6.20. The van der Waals surface area contributed by atoms with Crippen LogP contribution in [0.25, 0.3) is 5.73 Å². The molecule has 1 rings (SSSR count). The minimum absolute atomic E-state index is 0. The van der Waals surface area contributed by atoms with E-state index in [4.69, 9.17) is 5.73 Å². The van der Waals surface area contributed by atoms with Crippen LogP contribution in [0.5, 0.6) is 0 Å². The molecule has 0 saturated carbocycles. The van der Waals surface area contributed by atoms with Gasteiger partial charge in [0.2, 0.25) is 0 Å². The van der Waals surface area contributed by atoms with E-state index >= 15 is 0 Å². The van der Waals surface area contributed by atoms with Gasteiger partial charge in [-0.1, -0.05) is 43.7 Å². The van der Waals surface area contributed by atoms with Gasteiger partial charge in [0.05, 0.1) is 0 Å². The summed E-state index contributed by atoms with van der Waals surface area (Å²) in [6.07, 6.45) is 0. The van der Waals surface area contributed by atoms with Crippen molar-refractivity contribution in [3.8, 4) is 0 Å². The summed E-state index contributed by atoms with van der Waals surface area (Å²) in [5.74, 6) is 0. The number of nitrogens with one attached hydrogen (secondary N) is 1. The van der Waals surface area contributed by atoms with E-state index < -0.39 is 0 Å². The SMILES string of the molecule is Cc1ccc(C(C)(C)C[NH-])cc1.[Rb+]. The van der Waals surface area contributed by atoms with E-state index in [0.717, 1.165) is 0 Å². The molecule has 0 fully saturated rings. The van der Waals surface area contributed by atoms with Crippen molar-refractivity contribution in [1.29, 1.82) is 0 Å². The minimum atomic E-state index is -0.00625. The van der Waals surface area contributed by atoms with Gasteiger partial charge < -0.3 is 5.73 Å². The Bertz CT molecular complexity index is 251. The van der Waals surface area contributed by atoms with Crippen molar-refractivity contribution in [3.05, 3.63) is 41.1 Å². The van der Waals surface area contributed by atoms with Crippen LogP contribution in [0.4, 0.5) is 0 Å². The first-order chi connectivity index (χ1) is 5.56. The molecule has 1 aromatic carbocycles. The van der Waals surface area contributed by atoms with E-state index in [1.54, 1.807) is 0 Å². The Balaban J connectivity index is 0.00000144. The molecule has 0 saturated heterocycles. The fraction of sp³-hybridized carbons (Fsp3) is 0.455. The van der Waals surface area contributed by atoms with Crippen LogP contribution in [0.3, 0.4) is 0 Å². The summed E-state index contributed by atoms with van der Waals surface area (Å²) in [5.41, 5.74) is 9.92. The van der Waals surface area contributed by atoms with E-state index in [9.17, 15) is 0 Å². The standard InChI is InChI=1S/C11H16N.Rb/c1-9-4-6-10(7-5-9)11(2,3)8-12;/h4-7,12H,8H2,1-3H3;/q-1;+1. The van der Waals surface area contributed by atoms with Gasteiger partial charge in [0.15, 0.2) is 0 Å². The topological polar surface area (TPSA) is 23.8 Å². The van der Waals surface area contributed by atoms with Crippen molar-refractivity contribution in [2.75, 3.05) is 6.54 Å². The molecule has 13 heavy (non-hydrogen) atoms. The summed E-state index contributed by atoms with van der Waals surface area (Å²) in [6.45, 7) is 6.73. The molecular weight excluding hydrogens is 232 g/mol. The molecule has 0 unspecified atom stereocenters. The Morgan fingerprint density at radius 3 is 2.00 bits per heavy atom. The third-order valence-corrected chi connectivity index (χ3v) is 2.27. The Morgan fingerprint density at radius 1 is 1.15 bits per heavy atom. The molecule has 0 aliphatic carbocycles. The van der Waals surface area contributed by atoms with E-state index in [0.29, 0.717) is 6.54 Å². The second-order valence-electron chi connectivity index (χ2n) is 3.93. The number of hydrogen-bond donors (Lipinski definition) is 0. The summed E-state index contributed by atoms with van der Waals surface area (Å²) in [7, 11) is 0. The molecule has 0 aromatic heterocycles. The van der Waals surface area contributed by atoms with Gasteiger partial charge in [-0.15, -0.1) is 6.54 Å². The summed E-state index contributed by atoms with van der Waals surface area (Å²) in [6, 6.07) is 8.44. The van der Waals surface area contributed by atoms with Gasteiger partial charge in [0.1, 0.15) is 0 Å². The van der Waals surface area contributed by atoms with Gasteiger partial charge in [-0.3, -0.25) is 0 Å². The van der Waals surface area contributed by atoms with E-state index in [1.165, 1.54) is 11.1 Å². The predicted octanol–water partition coefficient (Wildman–Crippen LogP) is 0.329. The molecule has 0 aliphatic rings. The molecule has 2 heteroatoms. The largest absolute Gasteiger partial charge is 1.00 e. The molecule has 0 aliphatic heterocycles. The van der Waals surface area contributed by atoms with Gasteiger partial charge in [0.25, 0.3) is 0 Å². The summed E-state index contributed by atoms with van der Waals surface area (Å²) < 4.78 is 0. The first-order valence-corrected chi connectivity index (χ1v) is 4.28. The molecule has 1 N–H and O–H groups in total. The molecule has 66 valence electrons. The Morgan fingerprint density at radius 2 is 1.62 bits per heavy atom. The maximum atomic E-state index is 7.40. The predicted molar refractivity (Wildman–Crippen MR) is 53.4 cm³/mol. The van der Waals surface area contributed by atoms with Gasteiger partial charge in [-0.25, -0.2) is 0 Å². The van der Waals surface area contributed by atoms with Crippen LogP contribution >= 0.6 is 0 Å². The normalized spacial score (nSPS) is 10.8. The summed E-state index contributed by atoms with van der Waals surface area (Å²) in [4.78, 5) is 0. The van der Waals surface area contributed by atoms with Crippen LogP contribution in [-0.4, -0.2) is 6.54 Å². The van der Waals surface area contributed by atoms with Crippen molar-refractivity contribution < 1.29 is 58.2 Å². The van der Waals surface area contributed by atoms with Gasteiger partial charge in [0, 0.05) is 0 Å². The quantitative estimate of drug-likeness (QED) is 0.719.